The monoisotopic (exact) mass is 400 g/mol. The van der Waals surface area contributed by atoms with Crippen molar-refractivity contribution >= 4 is 11.4 Å². The molecule has 148 valence electrons. The molecular weight excluding hydrogens is 384 g/mol. The molecule has 2 aliphatic rings. The first-order valence-corrected chi connectivity index (χ1v) is 9.72. The minimum Gasteiger partial charge on any atom is -0.507 e. The van der Waals surface area contributed by atoms with Gasteiger partial charge in [0.1, 0.15) is 23.6 Å². The topological polar surface area (TPSA) is 103 Å². The van der Waals surface area contributed by atoms with Crippen molar-refractivity contribution in [1.82, 2.24) is 19.6 Å². The molecule has 30 heavy (non-hydrogen) atoms. The van der Waals surface area contributed by atoms with Crippen LogP contribution in [0.2, 0.25) is 0 Å². The maximum absolute atomic E-state index is 12.9. The summed E-state index contributed by atoms with van der Waals surface area (Å²) in [6.45, 7) is 0. The fraction of sp³-hybridized carbons (Fsp3) is 0.182. The fourth-order valence-electron chi connectivity index (χ4n) is 4.23. The van der Waals surface area contributed by atoms with Gasteiger partial charge in [0.2, 0.25) is 5.88 Å². The van der Waals surface area contributed by atoms with Gasteiger partial charge in [-0.3, -0.25) is 4.79 Å². The summed E-state index contributed by atoms with van der Waals surface area (Å²) < 4.78 is 13.3. The minimum atomic E-state index is -0.468. The van der Waals surface area contributed by atoms with E-state index in [2.05, 4.69) is 15.1 Å². The summed E-state index contributed by atoms with van der Waals surface area (Å²) in [6.07, 6.45) is 5.02. The van der Waals surface area contributed by atoms with Gasteiger partial charge in [0.05, 0.1) is 23.3 Å². The van der Waals surface area contributed by atoms with E-state index < -0.39 is 5.92 Å². The molecule has 1 aromatic carbocycles. The van der Waals surface area contributed by atoms with Crippen LogP contribution in [0.5, 0.6) is 11.6 Å². The van der Waals surface area contributed by atoms with Crippen molar-refractivity contribution in [1.29, 1.82) is 0 Å². The molecule has 0 saturated carbocycles. The average molecular weight is 400 g/mol. The van der Waals surface area contributed by atoms with Gasteiger partial charge in [0.25, 0.3) is 0 Å². The van der Waals surface area contributed by atoms with Crippen LogP contribution >= 0.6 is 0 Å². The number of furan rings is 1. The Labute approximate surface area is 170 Å². The summed E-state index contributed by atoms with van der Waals surface area (Å²) in [6, 6.07) is 10.5. The number of ketones is 1. The molecule has 0 fully saturated rings. The van der Waals surface area contributed by atoms with E-state index in [1.165, 1.54) is 6.33 Å². The molecule has 3 aromatic heterocycles. The number of nitrogens with zero attached hydrogens (tertiary/aromatic N) is 4. The lowest BCUT2D eigenvalue weighted by Gasteiger charge is -2.30. The first-order valence-electron chi connectivity index (χ1n) is 9.72. The number of hydrogen-bond acceptors (Lipinski definition) is 7. The first-order chi connectivity index (χ1) is 14.7. The molecule has 0 radical (unpaired) electrons. The number of aromatic hydroxyl groups is 1. The van der Waals surface area contributed by atoms with E-state index in [1.807, 2.05) is 6.07 Å². The molecule has 4 aromatic rings. The number of rotatable bonds is 2. The number of benzene rings is 1. The van der Waals surface area contributed by atoms with E-state index in [0.717, 1.165) is 6.42 Å². The number of aromatic nitrogens is 4. The number of fused-ring (bicyclic) bond motifs is 3. The van der Waals surface area contributed by atoms with Gasteiger partial charge in [0, 0.05) is 18.4 Å². The van der Waals surface area contributed by atoms with Gasteiger partial charge in [-0.2, -0.15) is 0 Å². The van der Waals surface area contributed by atoms with Crippen molar-refractivity contribution in [3.05, 3.63) is 71.6 Å². The smallest absolute Gasteiger partial charge is 0.228 e. The van der Waals surface area contributed by atoms with Crippen molar-refractivity contribution in [2.24, 2.45) is 0 Å². The summed E-state index contributed by atoms with van der Waals surface area (Å²) in [7, 11) is 0. The van der Waals surface area contributed by atoms with Crippen molar-refractivity contribution in [2.75, 3.05) is 0 Å². The fourth-order valence-corrected chi connectivity index (χ4v) is 4.23. The zero-order chi connectivity index (χ0) is 20.2. The van der Waals surface area contributed by atoms with Gasteiger partial charge in [0.15, 0.2) is 17.3 Å². The van der Waals surface area contributed by atoms with Crippen molar-refractivity contribution in [3.8, 4) is 23.0 Å². The normalized spacial score (nSPS) is 18.3. The van der Waals surface area contributed by atoms with E-state index in [9.17, 15) is 9.90 Å². The van der Waals surface area contributed by atoms with E-state index in [4.69, 9.17) is 9.15 Å². The Bertz CT molecular complexity index is 1340. The Morgan fingerprint density at radius 1 is 1.13 bits per heavy atom. The van der Waals surface area contributed by atoms with Crippen molar-refractivity contribution in [2.45, 2.75) is 25.2 Å². The van der Waals surface area contributed by atoms with Gasteiger partial charge in [-0.1, -0.05) is 12.1 Å². The lowest BCUT2D eigenvalue weighted by atomic mass is 9.80. The maximum Gasteiger partial charge on any atom is 0.228 e. The van der Waals surface area contributed by atoms with Gasteiger partial charge in [-0.15, -0.1) is 5.10 Å². The van der Waals surface area contributed by atoms with E-state index >= 15 is 0 Å². The summed E-state index contributed by atoms with van der Waals surface area (Å²) >= 11 is 0. The Balaban J connectivity index is 1.62. The highest BCUT2D eigenvalue weighted by atomic mass is 16.5. The largest absolute Gasteiger partial charge is 0.507 e. The summed E-state index contributed by atoms with van der Waals surface area (Å²) in [5.41, 5.74) is 2.25. The van der Waals surface area contributed by atoms with E-state index in [1.54, 1.807) is 41.1 Å². The molecule has 4 heterocycles. The number of allylic oxidation sites excluding steroid dienone is 2. The molecule has 0 amide bonds. The highest BCUT2D eigenvalue weighted by Crippen LogP contribution is 2.47. The van der Waals surface area contributed by atoms with Crippen molar-refractivity contribution in [3.63, 3.8) is 0 Å². The number of carbonyl (C=O) groups is 1. The zero-order valence-corrected chi connectivity index (χ0v) is 15.8. The Morgan fingerprint density at radius 3 is 2.87 bits per heavy atom. The first kappa shape index (κ1) is 17.0. The number of hydrogen-bond donors (Lipinski definition) is 1. The van der Waals surface area contributed by atoms with Gasteiger partial charge >= 0.3 is 0 Å². The molecule has 0 bridgehead atoms. The SMILES string of the molecule is O=C1CCCC2=C1C(c1ccco1)c1c(ncn3nc(-c4ccccc4O)nc13)O2. The minimum absolute atomic E-state index is 0.0470. The number of ether oxygens (including phenoxy) is 1. The molecule has 0 spiro atoms. The summed E-state index contributed by atoms with van der Waals surface area (Å²) in [5.74, 6) is 1.70. The number of phenols is 1. The number of para-hydroxylation sites is 1. The van der Waals surface area contributed by atoms with Crippen LogP contribution in [0.4, 0.5) is 0 Å². The zero-order valence-electron chi connectivity index (χ0n) is 15.8. The van der Waals surface area contributed by atoms with Crippen LogP contribution in [-0.4, -0.2) is 30.5 Å². The highest BCUT2D eigenvalue weighted by Gasteiger charge is 2.41. The standard InChI is InChI=1S/C22H16N4O4/c27-13-6-2-1-5-12(13)20-24-21-19-18(15-9-4-10-29-15)17-14(28)7-3-8-16(17)30-22(19)23-11-26(21)25-20/h1-2,4-6,9-11,18,27H,3,7-8H2. The molecule has 1 unspecified atom stereocenters. The van der Waals surface area contributed by atoms with Crippen LogP contribution in [0.3, 0.4) is 0 Å². The summed E-state index contributed by atoms with van der Waals surface area (Å²) in [4.78, 5) is 22.0. The van der Waals surface area contributed by atoms with Crippen LogP contribution in [0, 0.1) is 0 Å². The predicted molar refractivity (Wildman–Crippen MR) is 105 cm³/mol. The van der Waals surface area contributed by atoms with Crippen LogP contribution in [0.15, 0.2) is 64.7 Å². The predicted octanol–water partition coefficient (Wildman–Crippen LogP) is 3.62. The Hall–Kier alpha value is -3.94. The van der Waals surface area contributed by atoms with Crippen LogP contribution in [-0.2, 0) is 4.79 Å². The third kappa shape index (κ3) is 2.40. The maximum atomic E-state index is 12.9. The molecular formula is C22H16N4O4. The number of carbonyl (C=O) groups excluding carboxylic acids is 1. The third-order valence-corrected chi connectivity index (χ3v) is 5.57. The third-order valence-electron chi connectivity index (χ3n) is 5.57. The van der Waals surface area contributed by atoms with Crippen LogP contribution in [0.25, 0.3) is 17.0 Å². The molecule has 1 aliphatic heterocycles. The van der Waals surface area contributed by atoms with Gasteiger partial charge in [-0.05, 0) is 30.7 Å². The molecule has 1 N–H and O–H groups in total. The lowest BCUT2D eigenvalue weighted by Crippen LogP contribution is -2.26. The Morgan fingerprint density at radius 2 is 2.03 bits per heavy atom. The lowest BCUT2D eigenvalue weighted by molar-refractivity contribution is -0.116. The second-order valence-corrected chi connectivity index (χ2v) is 7.35. The second-order valence-electron chi connectivity index (χ2n) is 7.35. The molecule has 1 aliphatic carbocycles. The number of Topliss-reactive ketones (excluding diaryl/α,β-unsaturated/α-hetero) is 1. The molecule has 1 atom stereocenters. The molecule has 8 heteroatoms. The van der Waals surface area contributed by atoms with E-state index in [0.29, 0.717) is 58.4 Å². The van der Waals surface area contributed by atoms with Crippen molar-refractivity contribution < 1.29 is 19.1 Å². The average Bonchev–Trinajstić information content (AvgIpc) is 3.42. The van der Waals surface area contributed by atoms with Crippen LogP contribution in [0.1, 0.15) is 36.5 Å². The molecule has 8 nitrogen and oxygen atoms in total. The number of phenolic OH excluding ortho intramolecular Hbond substituents is 1. The summed E-state index contributed by atoms with van der Waals surface area (Å²) in [5, 5.41) is 14.7. The molecule has 6 rings (SSSR count). The van der Waals surface area contributed by atoms with Crippen LogP contribution < -0.4 is 4.74 Å². The van der Waals surface area contributed by atoms with Gasteiger partial charge in [-0.25, -0.2) is 14.5 Å². The Kier molecular flexibility index (Phi) is 3.55. The second kappa shape index (κ2) is 6.28. The molecule has 0 saturated heterocycles. The highest BCUT2D eigenvalue weighted by molar-refractivity contribution is 5.99. The quantitative estimate of drug-likeness (QED) is 0.548. The van der Waals surface area contributed by atoms with E-state index in [-0.39, 0.29) is 11.5 Å². The van der Waals surface area contributed by atoms with Gasteiger partial charge < -0.3 is 14.3 Å².